The lowest BCUT2D eigenvalue weighted by atomic mass is 10.1. The van der Waals surface area contributed by atoms with Gasteiger partial charge in [0.05, 0.1) is 20.3 Å². The maximum atomic E-state index is 13.6. The van der Waals surface area contributed by atoms with Crippen LogP contribution in [-0.2, 0) is 4.74 Å². The van der Waals surface area contributed by atoms with Gasteiger partial charge in [0.1, 0.15) is 5.71 Å². The second-order valence-corrected chi connectivity index (χ2v) is 6.19. The standard InChI is InChI=1S/C20H28FN3O2/c1-4-11-23-18(20(25-3)22-5-2)14-24-12-10-16(13-24)15-26-19-9-7-6-8-17(19)21/h4,6-9,16H,1,5,10-15H2,2-3H3. The van der Waals surface area contributed by atoms with Crippen molar-refractivity contribution >= 4 is 11.6 Å². The molecule has 0 aromatic heterocycles. The van der Waals surface area contributed by atoms with Gasteiger partial charge in [-0.05, 0) is 32.0 Å². The predicted octanol–water partition coefficient (Wildman–Crippen LogP) is 3.22. The minimum Gasteiger partial charge on any atom is -0.490 e. The maximum absolute atomic E-state index is 13.6. The topological polar surface area (TPSA) is 46.4 Å². The van der Waals surface area contributed by atoms with Gasteiger partial charge in [-0.1, -0.05) is 18.2 Å². The highest BCUT2D eigenvalue weighted by molar-refractivity contribution is 6.39. The minimum atomic E-state index is -0.318. The smallest absolute Gasteiger partial charge is 0.231 e. The third-order valence-electron chi connectivity index (χ3n) is 4.21. The number of rotatable bonds is 9. The molecule has 5 nitrogen and oxygen atoms in total. The summed E-state index contributed by atoms with van der Waals surface area (Å²) in [6, 6.07) is 6.52. The molecular formula is C20H28FN3O2. The molecule has 0 amide bonds. The number of benzene rings is 1. The minimum absolute atomic E-state index is 0.316. The van der Waals surface area contributed by atoms with Gasteiger partial charge < -0.3 is 9.47 Å². The van der Waals surface area contributed by atoms with Crippen LogP contribution < -0.4 is 4.74 Å². The van der Waals surface area contributed by atoms with Gasteiger partial charge in [0, 0.05) is 25.6 Å². The summed E-state index contributed by atoms with van der Waals surface area (Å²) in [7, 11) is 1.62. The lowest BCUT2D eigenvalue weighted by Gasteiger charge is -2.18. The summed E-state index contributed by atoms with van der Waals surface area (Å²) in [5.74, 6) is 0.947. The highest BCUT2D eigenvalue weighted by atomic mass is 19.1. The van der Waals surface area contributed by atoms with Gasteiger partial charge in [-0.15, -0.1) is 6.58 Å². The summed E-state index contributed by atoms with van der Waals surface area (Å²) in [6.07, 6.45) is 2.77. The zero-order valence-electron chi connectivity index (χ0n) is 15.7. The number of ether oxygens (including phenoxy) is 2. The molecule has 1 unspecified atom stereocenters. The van der Waals surface area contributed by atoms with Crippen LogP contribution in [0.25, 0.3) is 0 Å². The molecule has 0 aliphatic carbocycles. The molecule has 1 saturated heterocycles. The molecule has 1 fully saturated rings. The van der Waals surface area contributed by atoms with Crippen LogP contribution in [-0.4, -0.2) is 62.9 Å². The Kier molecular flexibility index (Phi) is 8.28. The quantitative estimate of drug-likeness (QED) is 0.385. The molecule has 0 radical (unpaired) electrons. The number of para-hydroxylation sites is 1. The fraction of sp³-hybridized carbons (Fsp3) is 0.500. The summed E-state index contributed by atoms with van der Waals surface area (Å²) in [6.45, 7) is 9.89. The largest absolute Gasteiger partial charge is 0.490 e. The predicted molar refractivity (Wildman–Crippen MR) is 104 cm³/mol. The van der Waals surface area contributed by atoms with Crippen LogP contribution in [0.1, 0.15) is 13.3 Å². The first-order chi connectivity index (χ1) is 12.7. The summed E-state index contributed by atoms with van der Waals surface area (Å²) in [5, 5.41) is 0. The summed E-state index contributed by atoms with van der Waals surface area (Å²) in [5.41, 5.74) is 0.838. The lowest BCUT2D eigenvalue weighted by molar-refractivity contribution is 0.237. The number of nitrogens with zero attached hydrogens (tertiary/aromatic N) is 3. The molecule has 0 spiro atoms. The van der Waals surface area contributed by atoms with Gasteiger partial charge in [0.25, 0.3) is 0 Å². The van der Waals surface area contributed by atoms with Crippen LogP contribution in [0.4, 0.5) is 4.39 Å². The van der Waals surface area contributed by atoms with Crippen LogP contribution in [0.2, 0.25) is 0 Å². The van der Waals surface area contributed by atoms with E-state index in [1.54, 1.807) is 31.4 Å². The van der Waals surface area contributed by atoms with Crippen molar-refractivity contribution in [3.63, 3.8) is 0 Å². The van der Waals surface area contributed by atoms with Gasteiger partial charge >= 0.3 is 0 Å². The third kappa shape index (κ3) is 5.95. The molecule has 1 aromatic rings. The van der Waals surface area contributed by atoms with Crippen LogP contribution in [0.3, 0.4) is 0 Å². The van der Waals surface area contributed by atoms with Crippen molar-refractivity contribution in [2.45, 2.75) is 13.3 Å². The van der Waals surface area contributed by atoms with Crippen molar-refractivity contribution < 1.29 is 13.9 Å². The summed E-state index contributed by atoms with van der Waals surface area (Å²) < 4.78 is 24.7. The number of methoxy groups -OCH3 is 1. The number of likely N-dealkylation sites (tertiary alicyclic amines) is 1. The molecule has 1 aliphatic heterocycles. The Labute approximate surface area is 155 Å². The molecule has 0 N–H and O–H groups in total. The van der Waals surface area contributed by atoms with E-state index in [-0.39, 0.29) is 5.82 Å². The van der Waals surface area contributed by atoms with Gasteiger partial charge in [0.15, 0.2) is 11.6 Å². The number of halogens is 1. The highest BCUT2D eigenvalue weighted by Gasteiger charge is 2.25. The Hall–Kier alpha value is -2.21. The van der Waals surface area contributed by atoms with Gasteiger partial charge in [-0.3, -0.25) is 14.9 Å². The molecule has 0 saturated carbocycles. The molecule has 2 rings (SSSR count). The van der Waals surface area contributed by atoms with Crippen LogP contribution >= 0.6 is 0 Å². The maximum Gasteiger partial charge on any atom is 0.231 e. The van der Waals surface area contributed by atoms with Crippen molar-refractivity contribution in [1.82, 2.24) is 4.90 Å². The first-order valence-corrected chi connectivity index (χ1v) is 9.00. The van der Waals surface area contributed by atoms with Crippen molar-refractivity contribution in [1.29, 1.82) is 0 Å². The Balaban J connectivity index is 1.90. The fourth-order valence-electron chi connectivity index (χ4n) is 2.95. The summed E-state index contributed by atoms with van der Waals surface area (Å²) >= 11 is 0. The number of aliphatic imine (C=N–C) groups is 2. The molecule has 1 atom stereocenters. The Bertz CT molecular complexity index is 646. The molecule has 1 aliphatic rings. The average Bonchev–Trinajstić information content (AvgIpc) is 3.10. The Morgan fingerprint density at radius 2 is 2.19 bits per heavy atom. The second kappa shape index (κ2) is 10.7. The van der Waals surface area contributed by atoms with E-state index < -0.39 is 0 Å². The number of hydrogen-bond donors (Lipinski definition) is 0. The molecule has 1 aromatic carbocycles. The molecular weight excluding hydrogens is 333 g/mol. The van der Waals surface area contributed by atoms with Crippen molar-refractivity contribution in [2.75, 3.05) is 46.4 Å². The normalized spacial score (nSPS) is 18.8. The molecule has 0 bridgehead atoms. The van der Waals surface area contributed by atoms with E-state index in [0.717, 1.165) is 25.2 Å². The zero-order valence-corrected chi connectivity index (χ0v) is 15.7. The van der Waals surface area contributed by atoms with E-state index in [2.05, 4.69) is 21.5 Å². The molecule has 26 heavy (non-hydrogen) atoms. The van der Waals surface area contributed by atoms with Crippen molar-refractivity contribution in [2.24, 2.45) is 15.9 Å². The molecule has 6 heteroatoms. The van der Waals surface area contributed by atoms with Gasteiger partial charge in [-0.25, -0.2) is 4.39 Å². The van der Waals surface area contributed by atoms with E-state index >= 15 is 0 Å². The molecule has 1 heterocycles. The first kappa shape index (κ1) is 20.1. The monoisotopic (exact) mass is 361 g/mol. The van der Waals surface area contributed by atoms with Gasteiger partial charge in [0.2, 0.25) is 5.90 Å². The Morgan fingerprint density at radius 1 is 1.38 bits per heavy atom. The van der Waals surface area contributed by atoms with Crippen LogP contribution in [0.15, 0.2) is 46.9 Å². The zero-order chi connectivity index (χ0) is 18.8. The van der Waals surface area contributed by atoms with Gasteiger partial charge in [-0.2, -0.15) is 0 Å². The first-order valence-electron chi connectivity index (χ1n) is 9.00. The third-order valence-corrected chi connectivity index (χ3v) is 4.21. The fourth-order valence-corrected chi connectivity index (χ4v) is 2.95. The van der Waals surface area contributed by atoms with Crippen molar-refractivity contribution in [3.05, 3.63) is 42.7 Å². The van der Waals surface area contributed by atoms with E-state index in [1.807, 2.05) is 6.92 Å². The van der Waals surface area contributed by atoms with Crippen LogP contribution in [0.5, 0.6) is 5.75 Å². The van der Waals surface area contributed by atoms with E-state index in [0.29, 0.717) is 43.8 Å². The lowest BCUT2D eigenvalue weighted by Crippen LogP contribution is -2.33. The summed E-state index contributed by atoms with van der Waals surface area (Å²) in [4.78, 5) is 11.2. The average molecular weight is 361 g/mol. The Morgan fingerprint density at radius 3 is 2.88 bits per heavy atom. The van der Waals surface area contributed by atoms with E-state index in [4.69, 9.17) is 9.47 Å². The molecule has 142 valence electrons. The second-order valence-electron chi connectivity index (χ2n) is 6.19. The van der Waals surface area contributed by atoms with Crippen molar-refractivity contribution in [3.8, 4) is 5.75 Å². The van der Waals surface area contributed by atoms with E-state index in [1.165, 1.54) is 6.07 Å². The SMILES string of the molecule is C=CCN=C(CN1CCC(COc2ccccc2F)C1)C(=NCC)OC. The van der Waals surface area contributed by atoms with Crippen LogP contribution in [0, 0.1) is 11.7 Å². The van der Waals surface area contributed by atoms with E-state index in [9.17, 15) is 4.39 Å². The number of hydrogen-bond acceptors (Lipinski definition) is 5. The highest BCUT2D eigenvalue weighted by Crippen LogP contribution is 2.20.